The van der Waals surface area contributed by atoms with Crippen LogP contribution in [0.2, 0.25) is 0 Å². The Hall–Kier alpha value is -1.89. The average molecular weight is 239 g/mol. The van der Waals surface area contributed by atoms with E-state index in [2.05, 4.69) is 5.10 Å². The number of carboxylic acid groups (broad SMARTS) is 1. The topological polar surface area (TPSA) is 84.7 Å². The Bertz CT molecular complexity index is 448. The Morgan fingerprint density at radius 1 is 1.41 bits per heavy atom. The van der Waals surface area contributed by atoms with Gasteiger partial charge in [0.05, 0.1) is 13.2 Å². The van der Waals surface area contributed by atoms with Crippen LogP contribution in [-0.2, 0) is 11.8 Å². The number of carbonyl (C=O) groups is 2. The summed E-state index contributed by atoms with van der Waals surface area (Å²) in [4.78, 5) is 24.4. The van der Waals surface area contributed by atoms with E-state index in [-0.39, 0.29) is 17.3 Å². The number of aryl methyl sites for hydroxylation is 1. The van der Waals surface area contributed by atoms with Crippen LogP contribution < -0.4 is 0 Å². The van der Waals surface area contributed by atoms with Gasteiger partial charge < -0.3 is 14.7 Å². The Labute approximate surface area is 97.6 Å². The van der Waals surface area contributed by atoms with Crippen LogP contribution in [0.1, 0.15) is 21.0 Å². The number of nitrogens with zero attached hydrogens (tertiary/aromatic N) is 3. The summed E-state index contributed by atoms with van der Waals surface area (Å²) in [6, 6.07) is 1.29. The number of ether oxygens (including phenoxy) is 1. The van der Waals surface area contributed by atoms with Crippen molar-refractivity contribution in [1.82, 2.24) is 14.7 Å². The van der Waals surface area contributed by atoms with Gasteiger partial charge in [-0.3, -0.25) is 9.48 Å². The van der Waals surface area contributed by atoms with Gasteiger partial charge in [0, 0.05) is 26.2 Å². The summed E-state index contributed by atoms with van der Waals surface area (Å²) in [6.07, 6.45) is 0. The zero-order chi connectivity index (χ0) is 12.4. The molecule has 0 radical (unpaired) electrons. The molecule has 17 heavy (non-hydrogen) atoms. The maximum atomic E-state index is 12.0. The monoisotopic (exact) mass is 239 g/mol. The number of amides is 1. The second-order valence-electron chi connectivity index (χ2n) is 3.75. The third kappa shape index (κ3) is 2.28. The van der Waals surface area contributed by atoms with Crippen LogP contribution in [0, 0.1) is 0 Å². The standard InChI is InChI=1S/C10H13N3O4/c1-12-8(10(15)16)6-7(11-12)9(14)13-2-4-17-5-3-13/h6H,2-5H2,1H3,(H,15,16). The molecule has 1 saturated heterocycles. The van der Waals surface area contributed by atoms with Crippen LogP contribution in [0.3, 0.4) is 0 Å². The summed E-state index contributed by atoms with van der Waals surface area (Å²) in [5, 5.41) is 12.8. The van der Waals surface area contributed by atoms with Crippen molar-refractivity contribution in [2.45, 2.75) is 0 Å². The summed E-state index contributed by atoms with van der Waals surface area (Å²) >= 11 is 0. The Balaban J connectivity index is 2.19. The third-order valence-electron chi connectivity index (χ3n) is 2.62. The summed E-state index contributed by atoms with van der Waals surface area (Å²) in [5.41, 5.74) is 0.161. The quantitative estimate of drug-likeness (QED) is 0.758. The molecule has 0 unspecified atom stereocenters. The molecule has 1 aromatic heterocycles. The lowest BCUT2D eigenvalue weighted by Crippen LogP contribution is -2.40. The van der Waals surface area contributed by atoms with Gasteiger partial charge in [0.1, 0.15) is 5.69 Å². The maximum absolute atomic E-state index is 12.0. The van der Waals surface area contributed by atoms with Crippen molar-refractivity contribution in [3.05, 3.63) is 17.5 Å². The van der Waals surface area contributed by atoms with E-state index in [0.29, 0.717) is 26.3 Å². The molecule has 0 saturated carbocycles. The van der Waals surface area contributed by atoms with Crippen LogP contribution in [0.4, 0.5) is 0 Å². The van der Waals surface area contributed by atoms with Gasteiger partial charge in [0.15, 0.2) is 5.69 Å². The first-order valence-corrected chi connectivity index (χ1v) is 5.24. The van der Waals surface area contributed by atoms with Gasteiger partial charge in [-0.2, -0.15) is 5.10 Å². The van der Waals surface area contributed by atoms with Gasteiger partial charge in [-0.1, -0.05) is 0 Å². The fraction of sp³-hybridized carbons (Fsp3) is 0.500. The van der Waals surface area contributed by atoms with Crippen molar-refractivity contribution < 1.29 is 19.4 Å². The van der Waals surface area contributed by atoms with E-state index in [0.717, 1.165) is 0 Å². The number of aromatic carboxylic acids is 1. The van der Waals surface area contributed by atoms with Crippen LogP contribution in [0.15, 0.2) is 6.07 Å². The molecule has 2 rings (SSSR count). The second kappa shape index (κ2) is 4.54. The number of morpholine rings is 1. The number of hydrogen-bond donors (Lipinski definition) is 1. The van der Waals surface area contributed by atoms with Crippen LogP contribution in [0.25, 0.3) is 0 Å². The minimum atomic E-state index is -1.10. The molecule has 2 heterocycles. The van der Waals surface area contributed by atoms with Crippen molar-refractivity contribution in [3.8, 4) is 0 Å². The first kappa shape index (κ1) is 11.6. The van der Waals surface area contributed by atoms with E-state index in [4.69, 9.17) is 9.84 Å². The van der Waals surface area contributed by atoms with E-state index in [1.165, 1.54) is 17.8 Å². The highest BCUT2D eigenvalue weighted by Crippen LogP contribution is 2.08. The van der Waals surface area contributed by atoms with Gasteiger partial charge in [-0.05, 0) is 0 Å². The fourth-order valence-electron chi connectivity index (χ4n) is 1.70. The zero-order valence-electron chi connectivity index (χ0n) is 9.42. The van der Waals surface area contributed by atoms with Gasteiger partial charge in [-0.15, -0.1) is 0 Å². The fourth-order valence-corrected chi connectivity index (χ4v) is 1.70. The number of aromatic nitrogens is 2. The summed E-state index contributed by atoms with van der Waals surface area (Å²) in [6.45, 7) is 2.03. The van der Waals surface area contributed by atoms with E-state index >= 15 is 0 Å². The third-order valence-corrected chi connectivity index (χ3v) is 2.62. The van der Waals surface area contributed by atoms with Crippen LogP contribution in [-0.4, -0.2) is 58.0 Å². The lowest BCUT2D eigenvalue weighted by molar-refractivity contribution is 0.0298. The smallest absolute Gasteiger partial charge is 0.354 e. The zero-order valence-corrected chi connectivity index (χ0v) is 9.42. The molecular formula is C10H13N3O4. The lowest BCUT2D eigenvalue weighted by Gasteiger charge is -2.25. The largest absolute Gasteiger partial charge is 0.477 e. The number of hydrogen-bond acceptors (Lipinski definition) is 4. The Kier molecular flexibility index (Phi) is 3.10. The highest BCUT2D eigenvalue weighted by Gasteiger charge is 2.23. The maximum Gasteiger partial charge on any atom is 0.354 e. The van der Waals surface area contributed by atoms with E-state index in [9.17, 15) is 9.59 Å². The number of carbonyl (C=O) groups excluding carboxylic acids is 1. The highest BCUT2D eigenvalue weighted by atomic mass is 16.5. The summed E-state index contributed by atoms with van der Waals surface area (Å²) in [5.74, 6) is -1.35. The highest BCUT2D eigenvalue weighted by molar-refractivity contribution is 5.95. The molecule has 1 fully saturated rings. The predicted molar refractivity (Wildman–Crippen MR) is 56.9 cm³/mol. The minimum absolute atomic E-state index is 0.00149. The molecule has 0 bridgehead atoms. The minimum Gasteiger partial charge on any atom is -0.477 e. The van der Waals surface area contributed by atoms with Gasteiger partial charge in [0.25, 0.3) is 5.91 Å². The Morgan fingerprint density at radius 2 is 2.06 bits per heavy atom. The molecule has 1 aliphatic rings. The number of carboxylic acids is 1. The number of rotatable bonds is 2. The molecular weight excluding hydrogens is 226 g/mol. The molecule has 7 heteroatoms. The van der Waals surface area contributed by atoms with Crippen LogP contribution in [0.5, 0.6) is 0 Å². The first-order valence-electron chi connectivity index (χ1n) is 5.24. The average Bonchev–Trinajstić information content (AvgIpc) is 2.71. The van der Waals surface area contributed by atoms with Gasteiger partial charge >= 0.3 is 5.97 Å². The predicted octanol–water partition coefficient (Wildman–Crippen LogP) is -0.409. The van der Waals surface area contributed by atoms with Crippen molar-refractivity contribution in [1.29, 1.82) is 0 Å². The second-order valence-corrected chi connectivity index (χ2v) is 3.75. The van der Waals surface area contributed by atoms with E-state index in [1.54, 1.807) is 4.90 Å². The molecule has 0 spiro atoms. The molecule has 0 aromatic carbocycles. The molecule has 92 valence electrons. The summed E-state index contributed by atoms with van der Waals surface area (Å²) in [7, 11) is 1.50. The van der Waals surface area contributed by atoms with Crippen molar-refractivity contribution in [2.24, 2.45) is 7.05 Å². The van der Waals surface area contributed by atoms with Crippen molar-refractivity contribution in [3.63, 3.8) is 0 Å². The lowest BCUT2D eigenvalue weighted by atomic mass is 10.3. The van der Waals surface area contributed by atoms with Crippen LogP contribution >= 0.6 is 0 Å². The molecule has 1 N–H and O–H groups in total. The first-order chi connectivity index (χ1) is 8.09. The van der Waals surface area contributed by atoms with E-state index < -0.39 is 5.97 Å². The molecule has 7 nitrogen and oxygen atoms in total. The van der Waals surface area contributed by atoms with Crippen molar-refractivity contribution in [2.75, 3.05) is 26.3 Å². The molecule has 1 aromatic rings. The van der Waals surface area contributed by atoms with Gasteiger partial charge in [0.2, 0.25) is 0 Å². The molecule has 1 amide bonds. The van der Waals surface area contributed by atoms with Gasteiger partial charge in [-0.25, -0.2) is 4.79 Å². The van der Waals surface area contributed by atoms with Crippen molar-refractivity contribution >= 4 is 11.9 Å². The Morgan fingerprint density at radius 3 is 2.59 bits per heavy atom. The molecule has 1 aliphatic heterocycles. The van der Waals surface area contributed by atoms with E-state index in [1.807, 2.05) is 0 Å². The molecule has 0 aliphatic carbocycles. The summed E-state index contributed by atoms with van der Waals surface area (Å²) < 4.78 is 6.33. The SMILES string of the molecule is Cn1nc(C(=O)N2CCOCC2)cc1C(=O)O. The molecule has 0 atom stereocenters. The normalized spacial score (nSPS) is 15.9.